The molecule has 0 unspecified atom stereocenters. The van der Waals surface area contributed by atoms with Crippen molar-refractivity contribution in [3.05, 3.63) is 21.6 Å². The lowest BCUT2D eigenvalue weighted by molar-refractivity contribution is 0.282. The molecule has 0 aromatic carbocycles. The Labute approximate surface area is 125 Å². The lowest BCUT2D eigenvalue weighted by Crippen LogP contribution is -2.24. The summed E-state index contributed by atoms with van der Waals surface area (Å²) >= 11 is 6.08. The van der Waals surface area contributed by atoms with E-state index in [4.69, 9.17) is 11.6 Å². The second-order valence-corrected chi connectivity index (χ2v) is 6.21. The first-order chi connectivity index (χ1) is 9.61. The van der Waals surface area contributed by atoms with E-state index in [1.807, 2.05) is 6.92 Å². The average Bonchev–Trinajstić information content (AvgIpc) is 2.46. The summed E-state index contributed by atoms with van der Waals surface area (Å²) in [5, 5.41) is 7.60. The van der Waals surface area contributed by atoms with Crippen molar-refractivity contribution >= 4 is 17.3 Å². The molecule has 0 atom stereocenters. The minimum absolute atomic E-state index is 0.217. The van der Waals surface area contributed by atoms with Crippen molar-refractivity contribution < 1.29 is 0 Å². The predicted molar refractivity (Wildman–Crippen MR) is 83.4 cm³/mol. The van der Waals surface area contributed by atoms with Gasteiger partial charge in [0.25, 0.3) is 5.56 Å². The molecule has 20 heavy (non-hydrogen) atoms. The van der Waals surface area contributed by atoms with Gasteiger partial charge in [-0.2, -0.15) is 5.10 Å². The van der Waals surface area contributed by atoms with Gasteiger partial charge in [0.15, 0.2) is 0 Å². The standard InChI is InChI=1S/C15H24ClN3O/c1-3-19-15(20)14(16)13(10-18-19)17-9-8-12-6-4-11(2)5-7-12/h10-12,17H,3-9H2,1-2H3. The third-order valence-electron chi connectivity index (χ3n) is 4.29. The molecule has 0 amide bonds. The summed E-state index contributed by atoms with van der Waals surface area (Å²) in [4.78, 5) is 11.9. The van der Waals surface area contributed by atoms with Crippen molar-refractivity contribution in [2.24, 2.45) is 11.8 Å². The third kappa shape index (κ3) is 3.75. The number of aryl methyl sites for hydroxylation is 1. The number of halogens is 1. The smallest absolute Gasteiger partial charge is 0.287 e. The van der Waals surface area contributed by atoms with Crippen LogP contribution in [0.1, 0.15) is 46.0 Å². The molecule has 0 saturated heterocycles. The number of nitrogens with zero attached hydrogens (tertiary/aromatic N) is 2. The minimum Gasteiger partial charge on any atom is -0.382 e. The maximum absolute atomic E-state index is 11.9. The van der Waals surface area contributed by atoms with Crippen LogP contribution in [0.3, 0.4) is 0 Å². The molecule has 1 heterocycles. The molecule has 1 aromatic rings. The predicted octanol–water partition coefficient (Wildman–Crippen LogP) is 3.54. The molecule has 0 radical (unpaired) electrons. The van der Waals surface area contributed by atoms with Crippen molar-refractivity contribution in [2.45, 2.75) is 52.5 Å². The van der Waals surface area contributed by atoms with Gasteiger partial charge in [0.1, 0.15) is 5.02 Å². The van der Waals surface area contributed by atoms with Crippen LogP contribution >= 0.6 is 11.6 Å². The number of anilines is 1. The fourth-order valence-corrected chi connectivity index (χ4v) is 3.06. The first kappa shape index (κ1) is 15.4. The summed E-state index contributed by atoms with van der Waals surface area (Å²) in [5.74, 6) is 1.70. The summed E-state index contributed by atoms with van der Waals surface area (Å²) in [6.07, 6.45) is 8.13. The van der Waals surface area contributed by atoms with Crippen molar-refractivity contribution in [3.8, 4) is 0 Å². The Morgan fingerprint density at radius 2 is 2.10 bits per heavy atom. The minimum atomic E-state index is -0.217. The molecule has 1 saturated carbocycles. The first-order valence-corrected chi connectivity index (χ1v) is 7.99. The summed E-state index contributed by atoms with van der Waals surface area (Å²) in [6, 6.07) is 0. The molecule has 1 aliphatic carbocycles. The highest BCUT2D eigenvalue weighted by atomic mass is 35.5. The van der Waals surface area contributed by atoms with Gasteiger partial charge < -0.3 is 5.32 Å². The first-order valence-electron chi connectivity index (χ1n) is 7.61. The van der Waals surface area contributed by atoms with E-state index >= 15 is 0 Å². The van der Waals surface area contributed by atoms with E-state index in [1.165, 1.54) is 30.4 Å². The van der Waals surface area contributed by atoms with Crippen molar-refractivity contribution in [3.63, 3.8) is 0 Å². The molecule has 0 bridgehead atoms. The Hall–Kier alpha value is -1.03. The molecule has 112 valence electrons. The summed E-state index contributed by atoms with van der Waals surface area (Å²) in [5.41, 5.74) is 0.441. The Kier molecular flexibility index (Phi) is 5.46. The van der Waals surface area contributed by atoms with Gasteiger partial charge in [-0.25, -0.2) is 4.68 Å². The number of hydrogen-bond acceptors (Lipinski definition) is 3. The number of rotatable bonds is 5. The van der Waals surface area contributed by atoms with Crippen LogP contribution in [0.5, 0.6) is 0 Å². The van der Waals surface area contributed by atoms with Crippen molar-refractivity contribution in [2.75, 3.05) is 11.9 Å². The van der Waals surface area contributed by atoms with E-state index in [9.17, 15) is 4.79 Å². The van der Waals surface area contributed by atoms with Gasteiger partial charge in [0, 0.05) is 13.1 Å². The highest BCUT2D eigenvalue weighted by molar-refractivity contribution is 6.32. The van der Waals surface area contributed by atoms with Gasteiger partial charge in [-0.1, -0.05) is 44.2 Å². The normalized spacial score (nSPS) is 22.8. The maximum Gasteiger partial charge on any atom is 0.287 e. The second-order valence-electron chi connectivity index (χ2n) is 5.83. The van der Waals surface area contributed by atoms with Gasteiger partial charge in [0.2, 0.25) is 0 Å². The Balaban J connectivity index is 1.85. The lowest BCUT2D eigenvalue weighted by atomic mass is 9.81. The van der Waals surface area contributed by atoms with Crippen LogP contribution in [-0.2, 0) is 6.54 Å². The number of nitrogens with one attached hydrogen (secondary N) is 1. The zero-order valence-electron chi connectivity index (χ0n) is 12.4. The van der Waals surface area contributed by atoms with Crippen LogP contribution in [0.25, 0.3) is 0 Å². The molecule has 1 aliphatic rings. The Morgan fingerprint density at radius 1 is 1.40 bits per heavy atom. The van der Waals surface area contributed by atoms with Gasteiger partial charge >= 0.3 is 0 Å². The van der Waals surface area contributed by atoms with Gasteiger partial charge in [-0.3, -0.25) is 4.79 Å². The van der Waals surface area contributed by atoms with E-state index in [0.29, 0.717) is 12.2 Å². The van der Waals surface area contributed by atoms with Crippen LogP contribution in [0, 0.1) is 11.8 Å². The fourth-order valence-electron chi connectivity index (χ4n) is 2.84. The van der Waals surface area contributed by atoms with Gasteiger partial charge in [-0.15, -0.1) is 0 Å². The quantitative estimate of drug-likeness (QED) is 0.904. The molecule has 5 heteroatoms. The molecule has 1 fully saturated rings. The maximum atomic E-state index is 11.9. The number of hydrogen-bond donors (Lipinski definition) is 1. The van der Waals surface area contributed by atoms with Gasteiger partial charge in [-0.05, 0) is 25.2 Å². The monoisotopic (exact) mass is 297 g/mol. The van der Waals surface area contributed by atoms with Crippen molar-refractivity contribution in [1.82, 2.24) is 9.78 Å². The fraction of sp³-hybridized carbons (Fsp3) is 0.733. The Morgan fingerprint density at radius 3 is 2.75 bits per heavy atom. The average molecular weight is 298 g/mol. The summed E-state index contributed by atoms with van der Waals surface area (Å²) in [6.45, 7) is 5.61. The van der Waals surface area contributed by atoms with Crippen LogP contribution in [0.15, 0.2) is 11.0 Å². The van der Waals surface area contributed by atoms with E-state index < -0.39 is 0 Å². The topological polar surface area (TPSA) is 46.9 Å². The van der Waals surface area contributed by atoms with Crippen LogP contribution < -0.4 is 10.9 Å². The largest absolute Gasteiger partial charge is 0.382 e. The van der Waals surface area contributed by atoms with Crippen LogP contribution in [0.4, 0.5) is 5.69 Å². The molecule has 4 nitrogen and oxygen atoms in total. The second kappa shape index (κ2) is 7.11. The molecule has 0 spiro atoms. The summed E-state index contributed by atoms with van der Waals surface area (Å²) in [7, 11) is 0. The number of aromatic nitrogens is 2. The SMILES string of the molecule is CCn1ncc(NCCC2CCC(C)CC2)c(Cl)c1=O. The van der Waals surface area contributed by atoms with E-state index in [1.54, 1.807) is 6.20 Å². The molecule has 0 aliphatic heterocycles. The zero-order valence-corrected chi connectivity index (χ0v) is 13.1. The lowest BCUT2D eigenvalue weighted by Gasteiger charge is -2.26. The molecule has 1 N–H and O–H groups in total. The van der Waals surface area contributed by atoms with E-state index in [2.05, 4.69) is 17.3 Å². The van der Waals surface area contributed by atoms with Crippen molar-refractivity contribution in [1.29, 1.82) is 0 Å². The van der Waals surface area contributed by atoms with E-state index in [-0.39, 0.29) is 10.6 Å². The Bertz CT molecular complexity index is 492. The van der Waals surface area contributed by atoms with E-state index in [0.717, 1.165) is 24.8 Å². The molecule has 2 rings (SSSR count). The van der Waals surface area contributed by atoms with Crippen LogP contribution in [-0.4, -0.2) is 16.3 Å². The zero-order chi connectivity index (χ0) is 14.5. The molecular weight excluding hydrogens is 274 g/mol. The highest BCUT2D eigenvalue weighted by Gasteiger charge is 2.18. The van der Waals surface area contributed by atoms with Gasteiger partial charge in [0.05, 0.1) is 11.9 Å². The van der Waals surface area contributed by atoms with Crippen LogP contribution in [0.2, 0.25) is 5.02 Å². The molecular formula is C15H24ClN3O. The highest BCUT2D eigenvalue weighted by Crippen LogP contribution is 2.30. The molecule has 1 aromatic heterocycles. The summed E-state index contributed by atoms with van der Waals surface area (Å²) < 4.78 is 1.37. The third-order valence-corrected chi connectivity index (χ3v) is 4.65.